The van der Waals surface area contributed by atoms with Crippen molar-refractivity contribution in [3.8, 4) is 0 Å². The molecule has 1 rings (SSSR count). The topological polar surface area (TPSA) is 66.5 Å². The number of aliphatic hydroxyl groups excluding tert-OH is 2. The second-order valence-electron chi connectivity index (χ2n) is 7.67. The van der Waals surface area contributed by atoms with E-state index in [2.05, 4.69) is 32.1 Å². The van der Waals surface area contributed by atoms with Gasteiger partial charge in [-0.3, -0.25) is 0 Å². The maximum atomic E-state index is 9.25. The number of rotatable bonds is 12. The fraction of sp³-hybridized carbons (Fsp3) is 0.800. The Bertz CT molecular complexity index is 385. The van der Waals surface area contributed by atoms with Gasteiger partial charge >= 0.3 is 0 Å². The van der Waals surface area contributed by atoms with Crippen LogP contribution in [0.1, 0.15) is 78.1 Å². The summed E-state index contributed by atoms with van der Waals surface area (Å²) in [4.78, 5) is 0. The predicted molar refractivity (Wildman–Crippen MR) is 98.3 cm³/mol. The summed E-state index contributed by atoms with van der Waals surface area (Å²) in [6, 6.07) is 0. The largest absolute Gasteiger partial charge is 0.394 e. The summed E-state index contributed by atoms with van der Waals surface area (Å²) in [7, 11) is 0. The molecule has 0 fully saturated rings. The predicted octanol–water partition coefficient (Wildman–Crippen LogP) is 4.09. The zero-order valence-electron chi connectivity index (χ0n) is 15.2. The fourth-order valence-electron chi connectivity index (χ4n) is 3.09. The van der Waals surface area contributed by atoms with Crippen molar-refractivity contribution in [2.75, 3.05) is 13.2 Å². The first-order valence-electron chi connectivity index (χ1n) is 9.36. The third kappa shape index (κ3) is 7.65. The first-order chi connectivity index (χ1) is 11.0. The van der Waals surface area contributed by atoms with Gasteiger partial charge < -0.3 is 15.9 Å². The first-order valence-corrected chi connectivity index (χ1v) is 9.36. The molecule has 1 aliphatic rings. The van der Waals surface area contributed by atoms with Gasteiger partial charge in [0, 0.05) is 0 Å². The monoisotopic (exact) mass is 323 g/mol. The van der Waals surface area contributed by atoms with Crippen LogP contribution in [-0.2, 0) is 0 Å². The number of nitrogens with two attached hydrogens (primary N) is 1. The van der Waals surface area contributed by atoms with E-state index in [-0.39, 0.29) is 13.2 Å². The zero-order chi connectivity index (χ0) is 17.2. The Morgan fingerprint density at radius 1 is 1.13 bits per heavy atom. The highest BCUT2D eigenvalue weighted by Crippen LogP contribution is 2.36. The number of allylic oxidation sites excluding steroid dienone is 4. The van der Waals surface area contributed by atoms with Crippen LogP contribution in [0.2, 0.25) is 0 Å². The van der Waals surface area contributed by atoms with Crippen LogP contribution in [0.5, 0.6) is 0 Å². The molecule has 1 aliphatic carbocycles. The Morgan fingerprint density at radius 2 is 1.78 bits per heavy atom. The standard InChI is InChI=1S/C20H37NO2/c1-3-4-5-6-7-8-12-19(2)13-9-18(10-14-19)11-15-20(21,16-22)17-23/h9-10,13,22-23H,3-8,11-12,14-17,21H2,1-2H3/t19-/m1/s1. The molecule has 134 valence electrons. The van der Waals surface area contributed by atoms with Gasteiger partial charge in [0.15, 0.2) is 0 Å². The maximum absolute atomic E-state index is 9.25. The molecular weight excluding hydrogens is 286 g/mol. The van der Waals surface area contributed by atoms with E-state index in [9.17, 15) is 10.2 Å². The van der Waals surface area contributed by atoms with E-state index >= 15 is 0 Å². The van der Waals surface area contributed by atoms with E-state index in [0.717, 1.165) is 12.8 Å². The summed E-state index contributed by atoms with van der Waals surface area (Å²) in [6.45, 7) is 4.26. The van der Waals surface area contributed by atoms with Crippen molar-refractivity contribution < 1.29 is 10.2 Å². The molecule has 3 heteroatoms. The summed E-state index contributed by atoms with van der Waals surface area (Å²) in [6.07, 6.45) is 18.8. The highest BCUT2D eigenvalue weighted by atomic mass is 16.3. The Balaban J connectivity index is 2.29. The minimum atomic E-state index is -0.853. The van der Waals surface area contributed by atoms with Crippen molar-refractivity contribution in [1.82, 2.24) is 0 Å². The second-order valence-corrected chi connectivity index (χ2v) is 7.67. The third-order valence-corrected chi connectivity index (χ3v) is 5.17. The van der Waals surface area contributed by atoms with Gasteiger partial charge in [0.05, 0.1) is 18.8 Å². The lowest BCUT2D eigenvalue weighted by atomic mass is 9.77. The molecule has 3 nitrogen and oxygen atoms in total. The van der Waals surface area contributed by atoms with Gasteiger partial charge in [0.2, 0.25) is 0 Å². The van der Waals surface area contributed by atoms with Gasteiger partial charge in [-0.1, -0.05) is 76.2 Å². The van der Waals surface area contributed by atoms with Crippen LogP contribution >= 0.6 is 0 Å². The average molecular weight is 324 g/mol. The van der Waals surface area contributed by atoms with Crippen molar-refractivity contribution in [3.05, 3.63) is 23.8 Å². The van der Waals surface area contributed by atoms with Crippen LogP contribution in [0.15, 0.2) is 23.8 Å². The normalized spacial score (nSPS) is 21.5. The molecule has 0 heterocycles. The molecule has 0 aliphatic heterocycles. The molecule has 0 radical (unpaired) electrons. The summed E-state index contributed by atoms with van der Waals surface area (Å²) >= 11 is 0. The van der Waals surface area contributed by atoms with Crippen molar-refractivity contribution in [2.45, 2.75) is 83.6 Å². The van der Waals surface area contributed by atoms with Crippen LogP contribution in [0, 0.1) is 5.41 Å². The van der Waals surface area contributed by atoms with Gasteiger partial charge in [0.1, 0.15) is 0 Å². The Labute approximate surface area is 142 Å². The Morgan fingerprint density at radius 3 is 2.35 bits per heavy atom. The first kappa shape index (κ1) is 20.4. The number of aliphatic hydroxyl groups is 2. The summed E-state index contributed by atoms with van der Waals surface area (Å²) in [5.74, 6) is 0. The fourth-order valence-corrected chi connectivity index (χ4v) is 3.09. The van der Waals surface area contributed by atoms with Crippen LogP contribution in [0.4, 0.5) is 0 Å². The van der Waals surface area contributed by atoms with E-state index in [0.29, 0.717) is 11.8 Å². The van der Waals surface area contributed by atoms with Gasteiger partial charge in [-0.25, -0.2) is 0 Å². The van der Waals surface area contributed by atoms with Crippen molar-refractivity contribution in [2.24, 2.45) is 11.1 Å². The molecule has 0 unspecified atom stereocenters. The smallest absolute Gasteiger partial charge is 0.0633 e. The minimum Gasteiger partial charge on any atom is -0.394 e. The van der Waals surface area contributed by atoms with Crippen molar-refractivity contribution >= 4 is 0 Å². The number of hydrogen-bond acceptors (Lipinski definition) is 3. The highest BCUT2D eigenvalue weighted by molar-refractivity contribution is 5.26. The molecule has 0 spiro atoms. The van der Waals surface area contributed by atoms with Crippen LogP contribution < -0.4 is 5.73 Å². The van der Waals surface area contributed by atoms with Crippen molar-refractivity contribution in [3.63, 3.8) is 0 Å². The van der Waals surface area contributed by atoms with E-state index < -0.39 is 5.54 Å². The molecule has 23 heavy (non-hydrogen) atoms. The van der Waals surface area contributed by atoms with E-state index in [4.69, 9.17) is 5.73 Å². The molecule has 0 amide bonds. The summed E-state index contributed by atoms with van der Waals surface area (Å²) in [5.41, 5.74) is 6.65. The lowest BCUT2D eigenvalue weighted by molar-refractivity contribution is 0.115. The summed E-state index contributed by atoms with van der Waals surface area (Å²) in [5, 5.41) is 18.5. The molecule has 0 saturated carbocycles. The highest BCUT2D eigenvalue weighted by Gasteiger charge is 2.25. The average Bonchev–Trinajstić information content (AvgIpc) is 2.57. The molecule has 4 N–H and O–H groups in total. The quantitative estimate of drug-likeness (QED) is 0.474. The summed E-state index contributed by atoms with van der Waals surface area (Å²) < 4.78 is 0. The van der Waals surface area contributed by atoms with Crippen LogP contribution in [0.3, 0.4) is 0 Å². The molecule has 0 bridgehead atoms. The molecule has 0 aromatic heterocycles. The van der Waals surface area contributed by atoms with E-state index in [1.165, 1.54) is 50.5 Å². The van der Waals surface area contributed by atoms with Crippen LogP contribution in [-0.4, -0.2) is 29.0 Å². The molecule has 0 aromatic carbocycles. The zero-order valence-corrected chi connectivity index (χ0v) is 15.2. The van der Waals surface area contributed by atoms with Gasteiger partial charge in [0.25, 0.3) is 0 Å². The van der Waals surface area contributed by atoms with Gasteiger partial charge in [-0.15, -0.1) is 0 Å². The second kappa shape index (κ2) is 10.3. The van der Waals surface area contributed by atoms with Crippen LogP contribution in [0.25, 0.3) is 0 Å². The Kier molecular flexibility index (Phi) is 9.11. The maximum Gasteiger partial charge on any atom is 0.0633 e. The minimum absolute atomic E-state index is 0.170. The van der Waals surface area contributed by atoms with Crippen molar-refractivity contribution in [1.29, 1.82) is 0 Å². The lowest BCUT2D eigenvalue weighted by Gasteiger charge is -2.29. The number of unbranched alkanes of at least 4 members (excludes halogenated alkanes) is 5. The molecular formula is C20H37NO2. The Hall–Kier alpha value is -0.640. The van der Waals surface area contributed by atoms with E-state index in [1.54, 1.807) is 0 Å². The van der Waals surface area contributed by atoms with Gasteiger partial charge in [-0.2, -0.15) is 0 Å². The molecule has 0 saturated heterocycles. The lowest BCUT2D eigenvalue weighted by Crippen LogP contribution is -2.47. The third-order valence-electron chi connectivity index (χ3n) is 5.17. The molecule has 0 aromatic rings. The number of hydrogen-bond donors (Lipinski definition) is 3. The SMILES string of the molecule is CCCCCCCC[C@]1(C)C=CC(CCC(N)(CO)CO)=CC1. The molecule has 1 atom stereocenters. The van der Waals surface area contributed by atoms with E-state index in [1.807, 2.05) is 0 Å². The van der Waals surface area contributed by atoms with Gasteiger partial charge in [-0.05, 0) is 31.1 Å².